The third-order valence-electron chi connectivity index (χ3n) is 2.01. The number of hydrogen-bond acceptors (Lipinski definition) is 6. The van der Waals surface area contributed by atoms with E-state index >= 15 is 0 Å². The van der Waals surface area contributed by atoms with Gasteiger partial charge >= 0.3 is 0 Å². The summed E-state index contributed by atoms with van der Waals surface area (Å²) in [5.74, 6) is 1.39. The highest BCUT2D eigenvalue weighted by molar-refractivity contribution is 5.59. The van der Waals surface area contributed by atoms with Crippen LogP contribution in [-0.4, -0.2) is 21.7 Å². The van der Waals surface area contributed by atoms with Gasteiger partial charge in [0.25, 0.3) is 0 Å². The van der Waals surface area contributed by atoms with E-state index in [2.05, 4.69) is 15.5 Å². The molecule has 2 rings (SSSR count). The third kappa shape index (κ3) is 2.47. The van der Waals surface area contributed by atoms with E-state index in [1.54, 1.807) is 6.07 Å². The van der Waals surface area contributed by atoms with Crippen LogP contribution in [-0.2, 0) is 12.8 Å². The molecule has 0 aliphatic carbocycles. The highest BCUT2D eigenvalue weighted by atomic mass is 16.5. The molecular formula is C10H11N3O3. The lowest BCUT2D eigenvalue weighted by atomic mass is 10.2. The minimum absolute atomic E-state index is 0.416. The fourth-order valence-corrected chi connectivity index (χ4v) is 1.34. The Morgan fingerprint density at radius 2 is 2.12 bits per heavy atom. The molecule has 2 heterocycles. The fourth-order valence-electron chi connectivity index (χ4n) is 1.34. The molecule has 0 radical (unpaired) electrons. The first-order chi connectivity index (χ1) is 7.78. The van der Waals surface area contributed by atoms with Gasteiger partial charge in [0.1, 0.15) is 11.5 Å². The first kappa shape index (κ1) is 10.4. The second-order valence-corrected chi connectivity index (χ2v) is 3.40. The van der Waals surface area contributed by atoms with Crippen molar-refractivity contribution < 1.29 is 14.3 Å². The van der Waals surface area contributed by atoms with Crippen LogP contribution in [0.4, 0.5) is 0 Å². The van der Waals surface area contributed by atoms with Crippen LogP contribution < -0.4 is 0 Å². The second-order valence-electron chi connectivity index (χ2n) is 3.40. The van der Waals surface area contributed by atoms with E-state index in [1.807, 2.05) is 13.0 Å². The monoisotopic (exact) mass is 221 g/mol. The van der Waals surface area contributed by atoms with Crippen molar-refractivity contribution in [1.29, 1.82) is 0 Å². The standard InChI is InChI=1S/C10H11N3O3/c1-7-4-10(16-12-7)6-8-5-9(15-13-8)2-3-11-14/h3-5,14H,2,6H2,1H3/b11-3+. The van der Waals surface area contributed by atoms with Gasteiger partial charge in [-0.15, -0.1) is 5.16 Å². The van der Waals surface area contributed by atoms with Crippen LogP contribution >= 0.6 is 0 Å². The van der Waals surface area contributed by atoms with E-state index in [4.69, 9.17) is 14.3 Å². The lowest BCUT2D eigenvalue weighted by molar-refractivity contribution is 0.319. The summed E-state index contributed by atoms with van der Waals surface area (Å²) in [7, 11) is 0. The first-order valence-corrected chi connectivity index (χ1v) is 4.80. The summed E-state index contributed by atoms with van der Waals surface area (Å²) >= 11 is 0. The highest BCUT2D eigenvalue weighted by Crippen LogP contribution is 2.11. The smallest absolute Gasteiger partial charge is 0.143 e. The van der Waals surface area contributed by atoms with Crippen molar-refractivity contribution in [2.75, 3.05) is 0 Å². The van der Waals surface area contributed by atoms with Crippen molar-refractivity contribution in [2.45, 2.75) is 19.8 Å². The summed E-state index contributed by atoms with van der Waals surface area (Å²) in [4.78, 5) is 0. The summed E-state index contributed by atoms with van der Waals surface area (Å²) in [6.07, 6.45) is 2.29. The molecule has 0 spiro atoms. The number of rotatable bonds is 4. The van der Waals surface area contributed by atoms with Gasteiger partial charge in [0, 0.05) is 18.6 Å². The molecule has 2 aromatic rings. The average molecular weight is 221 g/mol. The van der Waals surface area contributed by atoms with Crippen molar-refractivity contribution in [2.24, 2.45) is 5.16 Å². The molecule has 0 fully saturated rings. The van der Waals surface area contributed by atoms with Gasteiger partial charge in [0.15, 0.2) is 0 Å². The summed E-state index contributed by atoms with van der Waals surface area (Å²) in [5, 5.41) is 18.8. The first-order valence-electron chi connectivity index (χ1n) is 4.80. The zero-order valence-corrected chi connectivity index (χ0v) is 8.75. The molecule has 0 aliphatic heterocycles. The minimum atomic E-state index is 0.416. The van der Waals surface area contributed by atoms with Crippen molar-refractivity contribution in [3.05, 3.63) is 35.0 Å². The van der Waals surface area contributed by atoms with Gasteiger partial charge in [-0.1, -0.05) is 10.3 Å². The average Bonchev–Trinajstić information content (AvgIpc) is 2.86. The maximum absolute atomic E-state index is 8.26. The number of nitrogens with zero attached hydrogens (tertiary/aromatic N) is 3. The fraction of sp³-hybridized carbons (Fsp3) is 0.300. The van der Waals surface area contributed by atoms with Gasteiger partial charge < -0.3 is 14.3 Å². The predicted octanol–water partition coefficient (Wildman–Crippen LogP) is 1.56. The van der Waals surface area contributed by atoms with Crippen LogP contribution in [0.2, 0.25) is 0 Å². The molecule has 6 heteroatoms. The Hall–Kier alpha value is -2.11. The highest BCUT2D eigenvalue weighted by Gasteiger charge is 2.07. The van der Waals surface area contributed by atoms with Crippen LogP contribution in [0.1, 0.15) is 22.9 Å². The maximum Gasteiger partial charge on any atom is 0.143 e. The molecule has 1 N–H and O–H groups in total. The molecule has 16 heavy (non-hydrogen) atoms. The van der Waals surface area contributed by atoms with Crippen molar-refractivity contribution in [3.63, 3.8) is 0 Å². The summed E-state index contributed by atoms with van der Waals surface area (Å²) in [6, 6.07) is 3.64. The Kier molecular flexibility index (Phi) is 3.00. The molecule has 84 valence electrons. The van der Waals surface area contributed by atoms with Gasteiger partial charge in [0.05, 0.1) is 24.0 Å². The lowest BCUT2D eigenvalue weighted by Crippen LogP contribution is -1.85. The molecule has 0 saturated carbocycles. The predicted molar refractivity (Wildman–Crippen MR) is 54.5 cm³/mol. The van der Waals surface area contributed by atoms with Gasteiger partial charge in [0.2, 0.25) is 0 Å². The third-order valence-corrected chi connectivity index (χ3v) is 2.01. The summed E-state index contributed by atoms with van der Waals surface area (Å²) in [6.45, 7) is 1.86. The Morgan fingerprint density at radius 3 is 2.81 bits per heavy atom. The Morgan fingerprint density at radius 1 is 1.31 bits per heavy atom. The van der Waals surface area contributed by atoms with Crippen LogP contribution in [0, 0.1) is 6.92 Å². The molecule has 0 atom stereocenters. The zero-order chi connectivity index (χ0) is 11.4. The normalized spacial score (nSPS) is 11.3. The molecule has 0 bridgehead atoms. The molecule has 2 aromatic heterocycles. The molecule has 0 saturated heterocycles. The van der Waals surface area contributed by atoms with Gasteiger partial charge in [-0.05, 0) is 6.92 Å². The van der Waals surface area contributed by atoms with Gasteiger partial charge in [-0.3, -0.25) is 0 Å². The minimum Gasteiger partial charge on any atom is -0.411 e. The van der Waals surface area contributed by atoms with Crippen LogP contribution in [0.5, 0.6) is 0 Å². The van der Waals surface area contributed by atoms with E-state index in [0.717, 1.165) is 17.1 Å². The quantitative estimate of drug-likeness (QED) is 0.481. The maximum atomic E-state index is 8.26. The molecular weight excluding hydrogens is 210 g/mol. The largest absolute Gasteiger partial charge is 0.411 e. The van der Waals surface area contributed by atoms with Gasteiger partial charge in [-0.25, -0.2) is 0 Å². The molecule has 0 aromatic carbocycles. The van der Waals surface area contributed by atoms with E-state index < -0.39 is 0 Å². The number of oxime groups is 1. The van der Waals surface area contributed by atoms with Crippen molar-refractivity contribution in [1.82, 2.24) is 10.3 Å². The Balaban J connectivity index is 2.02. The number of aryl methyl sites for hydroxylation is 1. The Labute approximate surface area is 91.5 Å². The summed E-state index contributed by atoms with van der Waals surface area (Å²) < 4.78 is 10.1. The van der Waals surface area contributed by atoms with E-state index in [-0.39, 0.29) is 0 Å². The van der Waals surface area contributed by atoms with Crippen LogP contribution in [0.3, 0.4) is 0 Å². The van der Waals surface area contributed by atoms with Gasteiger partial charge in [-0.2, -0.15) is 0 Å². The molecule has 0 unspecified atom stereocenters. The van der Waals surface area contributed by atoms with Crippen LogP contribution in [0.25, 0.3) is 0 Å². The topological polar surface area (TPSA) is 84.7 Å². The van der Waals surface area contributed by atoms with Crippen molar-refractivity contribution in [3.8, 4) is 0 Å². The molecule has 0 aliphatic rings. The molecule has 0 amide bonds. The Bertz CT molecular complexity index is 487. The van der Waals surface area contributed by atoms with E-state index in [0.29, 0.717) is 18.6 Å². The number of aromatic nitrogens is 2. The lowest BCUT2D eigenvalue weighted by Gasteiger charge is -1.86. The summed E-state index contributed by atoms with van der Waals surface area (Å²) in [5.41, 5.74) is 1.60. The number of hydrogen-bond donors (Lipinski definition) is 1. The van der Waals surface area contributed by atoms with E-state index in [1.165, 1.54) is 6.21 Å². The second kappa shape index (κ2) is 4.61. The van der Waals surface area contributed by atoms with Crippen LogP contribution in [0.15, 0.2) is 26.3 Å². The molecule has 6 nitrogen and oxygen atoms in total. The van der Waals surface area contributed by atoms with Crippen molar-refractivity contribution >= 4 is 6.21 Å². The SMILES string of the molecule is Cc1cc(Cc2cc(C/C=N/O)on2)on1. The zero-order valence-electron chi connectivity index (χ0n) is 8.75. The van der Waals surface area contributed by atoms with E-state index in [9.17, 15) is 0 Å².